The van der Waals surface area contributed by atoms with Crippen molar-refractivity contribution < 1.29 is 14.3 Å². The maximum atomic E-state index is 13.5. The molecule has 3 unspecified atom stereocenters. The van der Waals surface area contributed by atoms with Crippen molar-refractivity contribution in [3.8, 4) is 0 Å². The number of hydrogen-bond acceptors (Lipinski definition) is 2. The SMILES string of the molecule is O=C(O)C1C2CCCC2CN1Cc1ccc(Cl)c(F)c1. The van der Waals surface area contributed by atoms with Crippen LogP contribution in [0.25, 0.3) is 0 Å². The zero-order chi connectivity index (χ0) is 14.3. The van der Waals surface area contributed by atoms with Crippen molar-refractivity contribution in [3.05, 3.63) is 34.6 Å². The van der Waals surface area contributed by atoms with Crippen LogP contribution in [0.4, 0.5) is 4.39 Å². The number of likely N-dealkylation sites (tertiary alicyclic amines) is 1. The summed E-state index contributed by atoms with van der Waals surface area (Å²) < 4.78 is 13.5. The fourth-order valence-electron chi connectivity index (χ4n) is 3.77. The van der Waals surface area contributed by atoms with Crippen molar-refractivity contribution in [1.82, 2.24) is 4.90 Å². The molecular weight excluding hydrogens is 281 g/mol. The number of rotatable bonds is 3. The van der Waals surface area contributed by atoms with E-state index < -0.39 is 17.8 Å². The summed E-state index contributed by atoms with van der Waals surface area (Å²) in [5.41, 5.74) is 0.776. The second-order valence-corrected chi connectivity index (χ2v) is 6.22. The van der Waals surface area contributed by atoms with Gasteiger partial charge in [-0.3, -0.25) is 9.69 Å². The van der Waals surface area contributed by atoms with Gasteiger partial charge in [-0.1, -0.05) is 24.1 Å². The maximum absolute atomic E-state index is 13.5. The summed E-state index contributed by atoms with van der Waals surface area (Å²) in [6.45, 7) is 1.27. The second kappa shape index (κ2) is 5.34. The van der Waals surface area contributed by atoms with Gasteiger partial charge in [-0.05, 0) is 42.4 Å². The van der Waals surface area contributed by atoms with Gasteiger partial charge in [0.25, 0.3) is 0 Å². The van der Waals surface area contributed by atoms with E-state index in [1.54, 1.807) is 6.07 Å². The summed E-state index contributed by atoms with van der Waals surface area (Å²) in [4.78, 5) is 13.5. The third-order valence-electron chi connectivity index (χ3n) is 4.61. The van der Waals surface area contributed by atoms with Crippen LogP contribution in [0.2, 0.25) is 5.02 Å². The Balaban J connectivity index is 1.79. The standard InChI is InChI=1S/C15H17ClFNO2/c16-12-5-4-9(6-13(12)17)7-18-8-10-2-1-3-11(10)14(18)15(19)20/h4-6,10-11,14H,1-3,7-8H2,(H,19,20). The molecule has 1 aliphatic carbocycles. The van der Waals surface area contributed by atoms with Gasteiger partial charge in [0, 0.05) is 13.1 Å². The second-order valence-electron chi connectivity index (χ2n) is 5.82. The summed E-state index contributed by atoms with van der Waals surface area (Å²) in [5.74, 6) is -0.470. The molecule has 20 heavy (non-hydrogen) atoms. The lowest BCUT2D eigenvalue weighted by Crippen LogP contribution is -2.39. The molecular formula is C15H17ClFNO2. The number of fused-ring (bicyclic) bond motifs is 1. The largest absolute Gasteiger partial charge is 0.480 e. The van der Waals surface area contributed by atoms with E-state index in [4.69, 9.17) is 11.6 Å². The first kappa shape index (κ1) is 13.8. The van der Waals surface area contributed by atoms with E-state index in [9.17, 15) is 14.3 Å². The minimum Gasteiger partial charge on any atom is -0.480 e. The van der Waals surface area contributed by atoms with E-state index in [0.29, 0.717) is 12.5 Å². The summed E-state index contributed by atoms with van der Waals surface area (Å²) in [5, 5.41) is 9.57. The molecule has 0 aromatic heterocycles. The zero-order valence-electron chi connectivity index (χ0n) is 11.1. The average Bonchev–Trinajstić information content (AvgIpc) is 2.93. The molecule has 2 aliphatic rings. The number of carboxylic acid groups (broad SMARTS) is 1. The molecule has 1 N–H and O–H groups in total. The predicted octanol–water partition coefficient (Wildman–Crippen LogP) is 3.16. The zero-order valence-corrected chi connectivity index (χ0v) is 11.8. The van der Waals surface area contributed by atoms with Crippen LogP contribution >= 0.6 is 11.6 Å². The molecule has 108 valence electrons. The van der Waals surface area contributed by atoms with Crippen molar-refractivity contribution in [2.45, 2.75) is 31.8 Å². The van der Waals surface area contributed by atoms with E-state index >= 15 is 0 Å². The first-order valence-corrected chi connectivity index (χ1v) is 7.35. The van der Waals surface area contributed by atoms with Crippen LogP contribution in [-0.4, -0.2) is 28.6 Å². The van der Waals surface area contributed by atoms with Crippen LogP contribution in [-0.2, 0) is 11.3 Å². The lowest BCUT2D eigenvalue weighted by Gasteiger charge is -2.24. The van der Waals surface area contributed by atoms with Crippen LogP contribution in [0.1, 0.15) is 24.8 Å². The van der Waals surface area contributed by atoms with Gasteiger partial charge in [-0.2, -0.15) is 0 Å². The van der Waals surface area contributed by atoms with Crippen LogP contribution < -0.4 is 0 Å². The quantitative estimate of drug-likeness (QED) is 0.931. The highest BCUT2D eigenvalue weighted by Gasteiger charge is 2.47. The van der Waals surface area contributed by atoms with E-state index in [1.807, 2.05) is 4.90 Å². The topological polar surface area (TPSA) is 40.5 Å². The average molecular weight is 298 g/mol. The molecule has 3 nitrogen and oxygen atoms in total. The van der Waals surface area contributed by atoms with E-state index in [0.717, 1.165) is 31.4 Å². The number of nitrogens with zero attached hydrogens (tertiary/aromatic N) is 1. The van der Waals surface area contributed by atoms with Gasteiger partial charge >= 0.3 is 5.97 Å². The Morgan fingerprint density at radius 3 is 2.95 bits per heavy atom. The minimum atomic E-state index is -0.756. The molecule has 5 heteroatoms. The fourth-order valence-corrected chi connectivity index (χ4v) is 3.89. The van der Waals surface area contributed by atoms with Gasteiger partial charge in [0.15, 0.2) is 0 Å². The van der Waals surface area contributed by atoms with Crippen molar-refractivity contribution in [3.63, 3.8) is 0 Å². The monoisotopic (exact) mass is 297 g/mol. The van der Waals surface area contributed by atoms with Crippen molar-refractivity contribution in [2.24, 2.45) is 11.8 Å². The van der Waals surface area contributed by atoms with Gasteiger partial charge in [-0.25, -0.2) is 4.39 Å². The lowest BCUT2D eigenvalue weighted by atomic mass is 9.94. The van der Waals surface area contributed by atoms with E-state index in [1.165, 1.54) is 12.1 Å². The number of aliphatic carboxylic acids is 1. The van der Waals surface area contributed by atoms with Gasteiger partial charge in [0.2, 0.25) is 0 Å². The van der Waals surface area contributed by atoms with E-state index in [2.05, 4.69) is 0 Å². The molecule has 3 rings (SSSR count). The van der Waals surface area contributed by atoms with E-state index in [-0.39, 0.29) is 10.9 Å². The van der Waals surface area contributed by atoms with Crippen LogP contribution in [0, 0.1) is 17.7 Å². The van der Waals surface area contributed by atoms with Crippen molar-refractivity contribution in [1.29, 1.82) is 0 Å². The van der Waals surface area contributed by atoms with Crippen LogP contribution in [0.5, 0.6) is 0 Å². The molecule has 1 heterocycles. The minimum absolute atomic E-state index is 0.0989. The summed E-state index contributed by atoms with van der Waals surface area (Å²) in [6, 6.07) is 4.26. The van der Waals surface area contributed by atoms with Crippen LogP contribution in [0.3, 0.4) is 0 Å². The van der Waals surface area contributed by atoms with Crippen molar-refractivity contribution >= 4 is 17.6 Å². The molecule has 0 spiro atoms. The molecule has 0 amide bonds. The number of benzene rings is 1. The Labute approximate surface area is 122 Å². The first-order valence-electron chi connectivity index (χ1n) is 6.97. The Morgan fingerprint density at radius 1 is 1.45 bits per heavy atom. The fraction of sp³-hybridized carbons (Fsp3) is 0.533. The molecule has 0 bridgehead atoms. The number of carbonyl (C=O) groups is 1. The Kier molecular flexibility index (Phi) is 3.69. The molecule has 1 saturated carbocycles. The summed E-state index contributed by atoms with van der Waals surface area (Å²) in [7, 11) is 0. The van der Waals surface area contributed by atoms with Gasteiger partial charge in [-0.15, -0.1) is 0 Å². The molecule has 3 atom stereocenters. The number of hydrogen-bond donors (Lipinski definition) is 1. The lowest BCUT2D eigenvalue weighted by molar-refractivity contribution is -0.143. The normalized spacial score (nSPS) is 29.6. The Bertz CT molecular complexity index is 537. The van der Waals surface area contributed by atoms with Crippen LogP contribution in [0.15, 0.2) is 18.2 Å². The molecule has 0 radical (unpaired) electrons. The molecule has 1 aromatic rings. The smallest absolute Gasteiger partial charge is 0.321 e. The summed E-state index contributed by atoms with van der Waals surface area (Å²) in [6.07, 6.45) is 3.23. The van der Waals surface area contributed by atoms with Gasteiger partial charge in [0.05, 0.1) is 5.02 Å². The third-order valence-corrected chi connectivity index (χ3v) is 4.92. The highest BCUT2D eigenvalue weighted by molar-refractivity contribution is 6.30. The Hall–Kier alpha value is -1.13. The number of halogens is 2. The van der Waals surface area contributed by atoms with Gasteiger partial charge < -0.3 is 5.11 Å². The third kappa shape index (κ3) is 2.42. The maximum Gasteiger partial charge on any atom is 0.321 e. The Morgan fingerprint density at radius 2 is 2.25 bits per heavy atom. The van der Waals surface area contributed by atoms with Gasteiger partial charge in [0.1, 0.15) is 11.9 Å². The first-order chi connectivity index (χ1) is 9.56. The number of carboxylic acids is 1. The predicted molar refractivity (Wildman–Crippen MR) is 74.1 cm³/mol. The molecule has 2 fully saturated rings. The molecule has 1 aliphatic heterocycles. The molecule has 1 saturated heterocycles. The highest BCUT2D eigenvalue weighted by Crippen LogP contribution is 2.42. The summed E-state index contributed by atoms with van der Waals surface area (Å²) >= 11 is 5.67. The molecule has 1 aromatic carbocycles. The highest BCUT2D eigenvalue weighted by atomic mass is 35.5. The van der Waals surface area contributed by atoms with Crippen molar-refractivity contribution in [2.75, 3.05) is 6.54 Å².